The third-order valence-electron chi connectivity index (χ3n) is 9.67. The second-order valence-corrected chi connectivity index (χ2v) is 12.4. The van der Waals surface area contributed by atoms with Crippen LogP contribution in [0.25, 0.3) is 105 Å². The molecule has 5 aromatic heterocycles. The highest BCUT2D eigenvalue weighted by Gasteiger charge is 2.24. The zero-order chi connectivity index (χ0) is 32.1. The van der Waals surface area contributed by atoms with Crippen LogP contribution in [0.4, 0.5) is 0 Å². The summed E-state index contributed by atoms with van der Waals surface area (Å²) in [7, 11) is 0. The van der Waals surface area contributed by atoms with E-state index in [1.165, 1.54) is 0 Å². The van der Waals surface area contributed by atoms with Crippen molar-refractivity contribution in [3.63, 3.8) is 0 Å². The van der Waals surface area contributed by atoms with Crippen molar-refractivity contribution in [2.24, 2.45) is 0 Å². The van der Waals surface area contributed by atoms with Crippen LogP contribution in [0.5, 0.6) is 0 Å². The van der Waals surface area contributed by atoms with Gasteiger partial charge in [0.25, 0.3) is 0 Å². The highest BCUT2D eigenvalue weighted by Crippen LogP contribution is 2.43. The molecule has 228 valence electrons. The van der Waals surface area contributed by atoms with Gasteiger partial charge in [-0.15, -0.1) is 0 Å². The smallest absolute Gasteiger partial charge is 0.231 e. The molecule has 49 heavy (non-hydrogen) atoms. The van der Waals surface area contributed by atoms with Gasteiger partial charge >= 0.3 is 0 Å². The van der Waals surface area contributed by atoms with Gasteiger partial charge in [0.15, 0.2) is 11.4 Å². The average molecular weight is 629 g/mol. The number of aromatic nitrogens is 4. The number of rotatable bonds is 3. The first-order valence-corrected chi connectivity index (χ1v) is 16.3. The molecule has 6 aromatic carbocycles. The van der Waals surface area contributed by atoms with Crippen LogP contribution in [0.3, 0.4) is 0 Å². The quantitative estimate of drug-likeness (QED) is 0.195. The minimum absolute atomic E-state index is 0.544. The fraction of sp³-hybridized carbons (Fsp3) is 0. The molecule has 0 N–H and O–H groups in total. The van der Waals surface area contributed by atoms with E-state index in [4.69, 9.17) is 23.8 Å². The molecule has 5 heterocycles. The number of fused-ring (bicyclic) bond motifs is 12. The van der Waals surface area contributed by atoms with Gasteiger partial charge in [-0.3, -0.25) is 4.98 Å². The molecular weight excluding hydrogens is 604 g/mol. The minimum atomic E-state index is 0.544. The Morgan fingerprint density at radius 1 is 0.490 bits per heavy atom. The lowest BCUT2D eigenvalue weighted by Crippen LogP contribution is -1.96. The summed E-state index contributed by atoms with van der Waals surface area (Å²) in [4.78, 5) is 15.3. The normalized spacial score (nSPS) is 12.1. The third-order valence-corrected chi connectivity index (χ3v) is 9.67. The highest BCUT2D eigenvalue weighted by atomic mass is 16.3. The van der Waals surface area contributed by atoms with Gasteiger partial charge in [-0.25, -0.2) is 4.98 Å². The second kappa shape index (κ2) is 9.86. The van der Waals surface area contributed by atoms with Crippen LogP contribution in [-0.2, 0) is 0 Å². The fourth-order valence-corrected chi connectivity index (χ4v) is 7.51. The van der Waals surface area contributed by atoms with E-state index >= 15 is 0 Å². The molecule has 0 aliphatic heterocycles. The van der Waals surface area contributed by atoms with Crippen molar-refractivity contribution in [3.05, 3.63) is 146 Å². The Balaban J connectivity index is 1.27. The van der Waals surface area contributed by atoms with E-state index in [-0.39, 0.29) is 0 Å². The Morgan fingerprint density at radius 2 is 1.20 bits per heavy atom. The third kappa shape index (κ3) is 3.68. The summed E-state index contributed by atoms with van der Waals surface area (Å²) in [5.41, 5.74) is 9.56. The Labute approximate surface area is 278 Å². The molecule has 6 nitrogen and oxygen atoms in total. The molecular formula is C43H24N4O2. The summed E-state index contributed by atoms with van der Waals surface area (Å²) >= 11 is 0. The van der Waals surface area contributed by atoms with Gasteiger partial charge in [0.2, 0.25) is 5.71 Å². The predicted octanol–water partition coefficient (Wildman–Crippen LogP) is 11.3. The molecule has 11 rings (SSSR count). The van der Waals surface area contributed by atoms with E-state index in [0.29, 0.717) is 11.5 Å². The van der Waals surface area contributed by atoms with E-state index < -0.39 is 0 Å². The molecule has 0 atom stereocenters. The molecule has 0 saturated carbocycles. The van der Waals surface area contributed by atoms with Crippen LogP contribution in [0.2, 0.25) is 0 Å². The number of benzene rings is 6. The summed E-state index contributed by atoms with van der Waals surface area (Å²) < 4.78 is 15.6. The van der Waals surface area contributed by atoms with Crippen molar-refractivity contribution in [1.29, 1.82) is 0 Å². The molecule has 0 radical (unpaired) electrons. The fourth-order valence-electron chi connectivity index (χ4n) is 7.51. The summed E-state index contributed by atoms with van der Waals surface area (Å²) in [6.07, 6.45) is 1.94. The number of pyridine rings is 1. The standard InChI is InChI=1S/C43H24N4O2/c1-3-12-25(13-4-1)37-36-30-18-11-20-34(41(30)49-43(36)46-42(45-37)26-14-5-2-6-15-26)47-33-19-9-7-16-27(33)29-22-23-31-38(39(29)47)44-24-32-28-17-8-10-21-35(28)48-40(31)32/h1-24H. The van der Waals surface area contributed by atoms with Crippen molar-refractivity contribution in [1.82, 2.24) is 19.5 Å². The van der Waals surface area contributed by atoms with Crippen LogP contribution < -0.4 is 0 Å². The van der Waals surface area contributed by atoms with Crippen LogP contribution in [0, 0.1) is 0 Å². The zero-order valence-electron chi connectivity index (χ0n) is 26.0. The molecule has 0 aliphatic carbocycles. The first-order chi connectivity index (χ1) is 24.3. The molecule has 0 fully saturated rings. The predicted molar refractivity (Wildman–Crippen MR) is 197 cm³/mol. The number of para-hydroxylation sites is 3. The molecule has 0 bridgehead atoms. The first-order valence-electron chi connectivity index (χ1n) is 16.3. The van der Waals surface area contributed by atoms with E-state index in [1.54, 1.807) is 0 Å². The first kappa shape index (κ1) is 26.3. The lowest BCUT2D eigenvalue weighted by atomic mass is 10.1. The lowest BCUT2D eigenvalue weighted by molar-refractivity contribution is 0.651. The highest BCUT2D eigenvalue weighted by molar-refractivity contribution is 6.23. The SMILES string of the molecule is c1ccc(-c2nc(-c3ccccc3)c3c(n2)oc2c(-n4c5ccccc5c5ccc6c(ncc7c8ccccc8oc76)c54)cccc23)cc1. The summed E-state index contributed by atoms with van der Waals surface area (Å²) in [6.45, 7) is 0. The van der Waals surface area contributed by atoms with Crippen LogP contribution in [0.1, 0.15) is 0 Å². The van der Waals surface area contributed by atoms with Crippen molar-refractivity contribution in [2.75, 3.05) is 0 Å². The van der Waals surface area contributed by atoms with Gasteiger partial charge < -0.3 is 13.4 Å². The maximum absolute atomic E-state index is 6.84. The maximum Gasteiger partial charge on any atom is 0.231 e. The molecule has 0 unspecified atom stereocenters. The van der Waals surface area contributed by atoms with E-state index in [2.05, 4.69) is 77.4 Å². The minimum Gasteiger partial charge on any atom is -0.455 e. The maximum atomic E-state index is 6.84. The average Bonchev–Trinajstić information content (AvgIpc) is 3.85. The summed E-state index contributed by atoms with van der Waals surface area (Å²) in [6, 6.07) is 47.6. The monoisotopic (exact) mass is 628 g/mol. The van der Waals surface area contributed by atoms with Gasteiger partial charge in [0.1, 0.15) is 11.2 Å². The van der Waals surface area contributed by atoms with Gasteiger partial charge in [-0.05, 0) is 24.3 Å². The van der Waals surface area contributed by atoms with Crippen molar-refractivity contribution < 1.29 is 8.83 Å². The van der Waals surface area contributed by atoms with Crippen molar-refractivity contribution in [3.8, 4) is 28.3 Å². The molecule has 0 amide bonds. The second-order valence-electron chi connectivity index (χ2n) is 12.4. The molecule has 11 aromatic rings. The Kier molecular flexibility index (Phi) is 5.29. The van der Waals surface area contributed by atoms with Gasteiger partial charge in [-0.1, -0.05) is 115 Å². The largest absolute Gasteiger partial charge is 0.455 e. The Bertz CT molecular complexity index is 3100. The lowest BCUT2D eigenvalue weighted by Gasteiger charge is -2.10. The number of hydrogen-bond donors (Lipinski definition) is 0. The van der Waals surface area contributed by atoms with E-state index in [0.717, 1.165) is 93.5 Å². The Morgan fingerprint density at radius 3 is 2.06 bits per heavy atom. The van der Waals surface area contributed by atoms with Crippen LogP contribution in [-0.4, -0.2) is 19.5 Å². The summed E-state index contributed by atoms with van der Waals surface area (Å²) in [5.74, 6) is 0.620. The molecule has 0 saturated heterocycles. The Hall–Kier alpha value is -6.79. The molecule has 6 heteroatoms. The van der Waals surface area contributed by atoms with Gasteiger partial charge in [-0.2, -0.15) is 4.98 Å². The number of furan rings is 2. The van der Waals surface area contributed by atoms with Gasteiger partial charge in [0, 0.05) is 49.6 Å². The van der Waals surface area contributed by atoms with Crippen LogP contribution in [0.15, 0.2) is 155 Å². The number of hydrogen-bond acceptors (Lipinski definition) is 5. The summed E-state index contributed by atoms with van der Waals surface area (Å²) in [5, 5.41) is 7.10. The van der Waals surface area contributed by atoms with Crippen molar-refractivity contribution >= 4 is 76.7 Å². The molecule has 0 spiro atoms. The molecule has 0 aliphatic rings. The van der Waals surface area contributed by atoms with Crippen molar-refractivity contribution in [2.45, 2.75) is 0 Å². The topological polar surface area (TPSA) is 69.9 Å². The van der Waals surface area contributed by atoms with Gasteiger partial charge in [0.05, 0.1) is 33.3 Å². The van der Waals surface area contributed by atoms with E-state index in [9.17, 15) is 0 Å². The van der Waals surface area contributed by atoms with E-state index in [1.807, 2.05) is 72.9 Å². The zero-order valence-corrected chi connectivity index (χ0v) is 26.0. The van der Waals surface area contributed by atoms with Crippen LogP contribution >= 0.6 is 0 Å². The number of nitrogens with zero attached hydrogens (tertiary/aromatic N) is 4.